The molecule has 7 rings (SSSR count). The topological polar surface area (TPSA) is 8.81 Å². The lowest BCUT2D eigenvalue weighted by atomic mass is 10.1. The van der Waals surface area contributed by atoms with Gasteiger partial charge in [0.25, 0.3) is 5.82 Å². The third-order valence-electron chi connectivity index (χ3n) is 7.62. The Bertz CT molecular complexity index is 1730. The maximum Gasteiger partial charge on any atom is 0.300 e. The van der Waals surface area contributed by atoms with Crippen LogP contribution >= 0.6 is 10.0 Å². The largest absolute Gasteiger partial charge is 0.300 e. The van der Waals surface area contributed by atoms with Crippen molar-refractivity contribution in [2.24, 2.45) is 7.05 Å². The Kier molecular flexibility index (Phi) is 4.31. The van der Waals surface area contributed by atoms with Gasteiger partial charge < -0.3 is 0 Å². The van der Waals surface area contributed by atoms with Gasteiger partial charge in [0, 0.05) is 20.6 Å². The van der Waals surface area contributed by atoms with E-state index in [4.69, 9.17) is 0 Å². The molecule has 2 nitrogen and oxygen atoms in total. The molecule has 35 heavy (non-hydrogen) atoms. The van der Waals surface area contributed by atoms with Crippen molar-refractivity contribution in [2.75, 3.05) is 0 Å². The minimum atomic E-state index is -1.71. The van der Waals surface area contributed by atoms with Gasteiger partial charge in [-0.05, 0) is 79.6 Å². The number of aryl methyl sites for hydroxylation is 3. The maximum absolute atomic E-state index is 2.55. The van der Waals surface area contributed by atoms with E-state index in [1.165, 1.54) is 58.3 Å². The molecule has 0 atom stereocenters. The standard InChI is InChI=1S/C32H27N2S/c1-22-19-20-27-26-16-10-17-28-31(26)34(30(27)23(22)2)32-29(18-11-21-33(32)3)35(28,24-12-6-4-7-13-24)25-14-8-5-9-15-25/h4-21H,1-3H3/q+1. The summed E-state index contributed by atoms with van der Waals surface area (Å²) in [4.78, 5) is 5.55. The van der Waals surface area contributed by atoms with Gasteiger partial charge >= 0.3 is 0 Å². The number of rotatable bonds is 2. The smallest absolute Gasteiger partial charge is 0.236 e. The van der Waals surface area contributed by atoms with E-state index >= 15 is 0 Å². The van der Waals surface area contributed by atoms with Crippen molar-refractivity contribution in [2.45, 2.75) is 33.4 Å². The van der Waals surface area contributed by atoms with Crippen LogP contribution in [0.25, 0.3) is 27.6 Å². The Hall–Kier alpha value is -3.82. The van der Waals surface area contributed by atoms with Crippen molar-refractivity contribution in [1.29, 1.82) is 0 Å². The quantitative estimate of drug-likeness (QED) is 0.227. The van der Waals surface area contributed by atoms with Gasteiger partial charge in [0.2, 0.25) is 0 Å². The number of benzene rings is 4. The van der Waals surface area contributed by atoms with Gasteiger partial charge in [-0.3, -0.25) is 0 Å². The molecule has 0 N–H and O–H groups in total. The highest BCUT2D eigenvalue weighted by molar-refractivity contribution is 8.34. The minimum absolute atomic E-state index is 1.27. The Morgan fingerprint density at radius 3 is 1.91 bits per heavy atom. The number of aromatic nitrogens is 2. The summed E-state index contributed by atoms with van der Waals surface area (Å²) in [7, 11) is 0.475. The van der Waals surface area contributed by atoms with Crippen molar-refractivity contribution >= 4 is 31.8 Å². The minimum Gasteiger partial charge on any atom is -0.236 e. The Morgan fingerprint density at radius 2 is 1.23 bits per heavy atom. The van der Waals surface area contributed by atoms with Crippen LogP contribution < -0.4 is 4.57 Å². The van der Waals surface area contributed by atoms with Crippen LogP contribution in [0.2, 0.25) is 0 Å². The number of hydrogen-bond acceptors (Lipinski definition) is 0. The first-order valence-corrected chi connectivity index (χ1v) is 13.7. The van der Waals surface area contributed by atoms with Gasteiger partial charge in [0.05, 0.1) is 23.0 Å². The summed E-state index contributed by atoms with van der Waals surface area (Å²) in [6.07, 6.45) is 2.19. The van der Waals surface area contributed by atoms with E-state index < -0.39 is 10.0 Å². The van der Waals surface area contributed by atoms with E-state index in [9.17, 15) is 0 Å². The van der Waals surface area contributed by atoms with E-state index in [0.717, 1.165) is 0 Å². The van der Waals surface area contributed by atoms with Crippen molar-refractivity contribution in [3.63, 3.8) is 0 Å². The third kappa shape index (κ3) is 2.54. The predicted octanol–water partition coefficient (Wildman–Crippen LogP) is 7.88. The maximum atomic E-state index is 2.55. The first-order valence-electron chi connectivity index (χ1n) is 12.1. The van der Waals surface area contributed by atoms with Crippen molar-refractivity contribution in [1.82, 2.24) is 4.57 Å². The molecule has 0 unspecified atom stereocenters. The highest BCUT2D eigenvalue weighted by atomic mass is 32.3. The van der Waals surface area contributed by atoms with E-state index in [-0.39, 0.29) is 0 Å². The van der Waals surface area contributed by atoms with Crippen LogP contribution in [-0.4, -0.2) is 4.57 Å². The molecule has 2 aromatic heterocycles. The normalized spacial score (nSPS) is 14.7. The molecule has 1 aliphatic rings. The highest BCUT2D eigenvalue weighted by Gasteiger charge is 2.46. The monoisotopic (exact) mass is 471 g/mol. The van der Waals surface area contributed by atoms with Crippen LogP contribution in [0.4, 0.5) is 0 Å². The zero-order valence-corrected chi connectivity index (χ0v) is 21.0. The molecule has 0 fully saturated rings. The van der Waals surface area contributed by atoms with Crippen LogP contribution in [0.3, 0.4) is 0 Å². The van der Waals surface area contributed by atoms with Gasteiger partial charge in [-0.15, -0.1) is 10.0 Å². The zero-order chi connectivity index (χ0) is 23.7. The molecule has 4 aromatic carbocycles. The van der Waals surface area contributed by atoms with Crippen molar-refractivity contribution in [3.05, 3.63) is 120 Å². The van der Waals surface area contributed by atoms with Crippen LogP contribution in [0.1, 0.15) is 11.1 Å². The predicted molar refractivity (Wildman–Crippen MR) is 145 cm³/mol. The summed E-state index contributed by atoms with van der Waals surface area (Å²) in [5.41, 5.74) is 5.34. The van der Waals surface area contributed by atoms with Gasteiger partial charge in [-0.1, -0.05) is 48.5 Å². The molecule has 0 radical (unpaired) electrons. The fourth-order valence-corrected chi connectivity index (χ4v) is 10.2. The van der Waals surface area contributed by atoms with Gasteiger partial charge in [0.15, 0.2) is 5.52 Å². The van der Waals surface area contributed by atoms with Crippen molar-refractivity contribution < 1.29 is 4.57 Å². The zero-order valence-electron chi connectivity index (χ0n) is 20.2. The number of nitrogens with zero attached hydrogens (tertiary/aromatic N) is 2. The molecular weight excluding hydrogens is 444 g/mol. The van der Waals surface area contributed by atoms with Crippen LogP contribution in [0, 0.1) is 13.8 Å². The second kappa shape index (κ2) is 7.34. The Labute approximate surface area is 207 Å². The molecule has 1 aliphatic heterocycles. The number of hydrogen-bond donors (Lipinski definition) is 0. The van der Waals surface area contributed by atoms with Crippen LogP contribution in [0.15, 0.2) is 129 Å². The molecule has 0 spiro atoms. The summed E-state index contributed by atoms with van der Waals surface area (Å²) in [5, 5.41) is 2.66. The van der Waals surface area contributed by atoms with E-state index in [1.54, 1.807) is 0 Å². The fourth-order valence-electron chi connectivity index (χ4n) is 5.94. The van der Waals surface area contributed by atoms with Gasteiger partial charge in [-0.2, -0.15) is 4.57 Å². The number of pyridine rings is 1. The molecule has 0 aliphatic carbocycles. The van der Waals surface area contributed by atoms with Gasteiger partial charge in [0.1, 0.15) is 5.52 Å². The molecular formula is C32H27N2S+. The summed E-state index contributed by atoms with van der Waals surface area (Å²) in [6, 6.07) is 38.4. The fraction of sp³-hybridized carbons (Fsp3) is 0.0938. The summed E-state index contributed by atoms with van der Waals surface area (Å²) < 4.78 is 4.87. The van der Waals surface area contributed by atoms with E-state index in [0.29, 0.717) is 0 Å². The summed E-state index contributed by atoms with van der Waals surface area (Å²) >= 11 is 0. The molecule has 0 saturated heterocycles. The number of fused-ring (bicyclic) bond motifs is 5. The number of para-hydroxylation sites is 1. The molecule has 6 aromatic rings. The van der Waals surface area contributed by atoms with E-state index in [1.807, 2.05) is 0 Å². The SMILES string of the molecule is Cc1ccc2c3cccc4c3n(c2c1C)-c1c(ccc[n+]1C)S4(c1ccccc1)c1ccccc1. The molecule has 0 bridgehead atoms. The van der Waals surface area contributed by atoms with E-state index in [2.05, 4.69) is 139 Å². The second-order valence-corrected chi connectivity index (χ2v) is 12.5. The van der Waals surface area contributed by atoms with Crippen LogP contribution in [0.5, 0.6) is 0 Å². The highest BCUT2D eigenvalue weighted by Crippen LogP contribution is 2.77. The first-order chi connectivity index (χ1) is 17.1. The Morgan fingerprint density at radius 1 is 0.600 bits per heavy atom. The second-order valence-electron chi connectivity index (χ2n) is 9.44. The summed E-state index contributed by atoms with van der Waals surface area (Å²) in [6.45, 7) is 4.49. The molecule has 170 valence electrons. The molecule has 3 heterocycles. The van der Waals surface area contributed by atoms with Crippen molar-refractivity contribution in [3.8, 4) is 5.82 Å². The molecule has 0 amide bonds. The lowest BCUT2D eigenvalue weighted by Crippen LogP contribution is -2.36. The average Bonchev–Trinajstić information content (AvgIpc) is 3.24. The Balaban J connectivity index is 1.82. The lowest BCUT2D eigenvalue weighted by molar-refractivity contribution is -0.667. The average molecular weight is 472 g/mol. The van der Waals surface area contributed by atoms with Crippen LogP contribution in [-0.2, 0) is 7.05 Å². The van der Waals surface area contributed by atoms with Gasteiger partial charge in [-0.25, -0.2) is 4.57 Å². The molecule has 3 heteroatoms. The molecule has 0 saturated carbocycles. The first kappa shape index (κ1) is 20.5. The third-order valence-corrected chi connectivity index (χ3v) is 11.5. The summed E-state index contributed by atoms with van der Waals surface area (Å²) in [5.74, 6) is 1.27. The lowest BCUT2D eigenvalue weighted by Gasteiger charge is -2.43.